The fourth-order valence-corrected chi connectivity index (χ4v) is 1.93. The maximum Gasteiger partial charge on any atom is 0.195 e. The van der Waals surface area contributed by atoms with E-state index in [1.165, 1.54) is 11.3 Å². The Morgan fingerprint density at radius 2 is 2.36 bits per heavy atom. The Kier molecular flexibility index (Phi) is 2.33. The van der Waals surface area contributed by atoms with Gasteiger partial charge < -0.3 is 0 Å². The summed E-state index contributed by atoms with van der Waals surface area (Å²) in [5.74, 6) is 0. The fraction of sp³-hybridized carbons (Fsp3) is 0. The summed E-state index contributed by atoms with van der Waals surface area (Å²) >= 11 is 5.86. The molecule has 1 aromatic heterocycles. The quantitative estimate of drug-likeness (QED) is 0.545. The van der Waals surface area contributed by atoms with E-state index in [1.807, 2.05) is 18.2 Å². The number of benzene rings is 1. The second-order valence-electron chi connectivity index (χ2n) is 2.49. The number of aliphatic imine (C=N–C) groups is 1. The van der Waals surface area contributed by atoms with Crippen molar-refractivity contribution in [2.45, 2.75) is 0 Å². The van der Waals surface area contributed by atoms with Gasteiger partial charge in [0.15, 0.2) is 5.01 Å². The van der Waals surface area contributed by atoms with E-state index < -0.39 is 0 Å². The first-order valence-corrected chi connectivity index (χ1v) is 4.94. The van der Waals surface area contributed by atoms with Gasteiger partial charge in [-0.25, -0.2) is 4.98 Å². The Balaban J connectivity index is 2.66. The average Bonchev–Trinajstić information content (AvgIpc) is 2.60. The average molecular weight is 217 g/mol. The lowest BCUT2D eigenvalue weighted by atomic mass is 10.3. The lowest BCUT2D eigenvalue weighted by Gasteiger charge is -1.88. The summed E-state index contributed by atoms with van der Waals surface area (Å²) in [6.07, 6.45) is 0. The molecule has 0 saturated heterocycles. The number of nitrogens with zero attached hydrogens (tertiary/aromatic N) is 3. The molecule has 3 nitrogen and oxygen atoms in total. The molecule has 0 bridgehead atoms. The Morgan fingerprint density at radius 1 is 1.50 bits per heavy atom. The van der Waals surface area contributed by atoms with E-state index in [1.54, 1.807) is 6.07 Å². The molecule has 1 heterocycles. The van der Waals surface area contributed by atoms with Gasteiger partial charge in [0.1, 0.15) is 6.07 Å². The third kappa shape index (κ3) is 1.54. The molecule has 5 heteroatoms. The standard InChI is InChI=1S/C9H3N3S2/c10-4-9-12-7-3-6(11-5-13)1-2-8(7)14-9/h1-3H. The van der Waals surface area contributed by atoms with Crippen molar-refractivity contribution < 1.29 is 0 Å². The second kappa shape index (κ2) is 3.64. The predicted octanol–water partition coefficient (Wildman–Crippen LogP) is 2.90. The molecule has 0 saturated carbocycles. The summed E-state index contributed by atoms with van der Waals surface area (Å²) in [5.41, 5.74) is 1.49. The molecule has 0 fully saturated rings. The lowest BCUT2D eigenvalue weighted by Crippen LogP contribution is -1.69. The Bertz CT molecular complexity index is 573. The molecule has 0 radical (unpaired) electrons. The monoisotopic (exact) mass is 217 g/mol. The molecule has 0 spiro atoms. The number of thiocarbonyl (C=S) groups is 1. The number of aromatic nitrogens is 1. The maximum absolute atomic E-state index is 8.66. The second-order valence-corrected chi connectivity index (χ2v) is 3.70. The van der Waals surface area contributed by atoms with Crippen molar-refractivity contribution in [3.05, 3.63) is 23.2 Å². The number of rotatable bonds is 1. The van der Waals surface area contributed by atoms with Crippen molar-refractivity contribution >= 4 is 44.6 Å². The summed E-state index contributed by atoms with van der Waals surface area (Å²) in [5, 5.41) is 11.4. The van der Waals surface area contributed by atoms with Crippen LogP contribution in [0.1, 0.15) is 5.01 Å². The molecule has 2 rings (SSSR count). The highest BCUT2D eigenvalue weighted by atomic mass is 32.1. The minimum atomic E-state index is 0.462. The van der Waals surface area contributed by atoms with Gasteiger partial charge in [-0.3, -0.25) is 0 Å². The number of hydrogen-bond donors (Lipinski definition) is 0. The van der Waals surface area contributed by atoms with Crippen molar-refractivity contribution in [3.63, 3.8) is 0 Å². The van der Waals surface area contributed by atoms with Crippen molar-refractivity contribution in [2.24, 2.45) is 4.99 Å². The van der Waals surface area contributed by atoms with Crippen LogP contribution < -0.4 is 0 Å². The van der Waals surface area contributed by atoms with Gasteiger partial charge >= 0.3 is 0 Å². The van der Waals surface area contributed by atoms with Crippen LogP contribution in [0.5, 0.6) is 0 Å². The topological polar surface area (TPSA) is 49.0 Å². The summed E-state index contributed by atoms with van der Waals surface area (Å²) in [4.78, 5) is 7.95. The Morgan fingerprint density at radius 3 is 3.07 bits per heavy atom. The molecule has 0 unspecified atom stereocenters. The van der Waals surface area contributed by atoms with Gasteiger partial charge in [-0.1, -0.05) is 0 Å². The zero-order chi connectivity index (χ0) is 9.97. The van der Waals surface area contributed by atoms with Crippen LogP contribution in [0.2, 0.25) is 0 Å². The van der Waals surface area contributed by atoms with Crippen LogP contribution >= 0.6 is 23.6 Å². The van der Waals surface area contributed by atoms with E-state index in [4.69, 9.17) is 5.26 Å². The molecular formula is C9H3N3S2. The highest BCUT2D eigenvalue weighted by molar-refractivity contribution is 7.78. The van der Waals surface area contributed by atoms with Gasteiger partial charge in [-0.05, 0) is 30.4 Å². The molecule has 66 valence electrons. The first-order chi connectivity index (χ1) is 6.83. The van der Waals surface area contributed by atoms with Gasteiger partial charge in [0, 0.05) is 0 Å². The first-order valence-electron chi connectivity index (χ1n) is 3.72. The first kappa shape index (κ1) is 8.97. The van der Waals surface area contributed by atoms with Gasteiger partial charge in [0.05, 0.1) is 21.1 Å². The normalized spacial score (nSPS) is 9.36. The predicted molar refractivity (Wildman–Crippen MR) is 59.0 cm³/mol. The summed E-state index contributed by atoms with van der Waals surface area (Å²) in [6.45, 7) is 0. The molecule has 2 aromatic rings. The summed E-state index contributed by atoms with van der Waals surface area (Å²) in [7, 11) is 0. The molecule has 0 aliphatic heterocycles. The molecule has 0 aliphatic carbocycles. The van der Waals surface area contributed by atoms with Crippen LogP contribution in [-0.2, 0) is 0 Å². The highest BCUT2D eigenvalue weighted by Gasteiger charge is 2.02. The highest BCUT2D eigenvalue weighted by Crippen LogP contribution is 2.25. The number of nitriles is 1. The van der Waals surface area contributed by atoms with E-state index >= 15 is 0 Å². The van der Waals surface area contributed by atoms with E-state index in [0.29, 0.717) is 10.7 Å². The van der Waals surface area contributed by atoms with Crippen LogP contribution in [0.15, 0.2) is 23.2 Å². The molecular weight excluding hydrogens is 214 g/mol. The van der Waals surface area contributed by atoms with Gasteiger partial charge in [0.25, 0.3) is 0 Å². The molecule has 0 amide bonds. The van der Waals surface area contributed by atoms with Crippen molar-refractivity contribution in [2.75, 3.05) is 0 Å². The van der Waals surface area contributed by atoms with Crippen LogP contribution in [-0.4, -0.2) is 10.1 Å². The molecule has 0 aliphatic rings. The minimum absolute atomic E-state index is 0.462. The number of hydrogen-bond acceptors (Lipinski definition) is 5. The molecule has 14 heavy (non-hydrogen) atoms. The number of thiazole rings is 1. The number of isothiocyanates is 1. The summed E-state index contributed by atoms with van der Waals surface area (Å²) in [6, 6.07) is 7.49. The van der Waals surface area contributed by atoms with Gasteiger partial charge in [0.2, 0.25) is 0 Å². The Labute approximate surface area is 89.3 Å². The fourth-order valence-electron chi connectivity index (χ4n) is 1.09. The maximum atomic E-state index is 8.66. The molecule has 1 aromatic carbocycles. The third-order valence-corrected chi connectivity index (χ3v) is 2.67. The largest absolute Gasteiger partial charge is 0.226 e. The Hall–Kier alpha value is -1.60. The zero-order valence-electron chi connectivity index (χ0n) is 6.89. The minimum Gasteiger partial charge on any atom is -0.226 e. The van der Waals surface area contributed by atoms with Crippen molar-refractivity contribution in [1.82, 2.24) is 4.98 Å². The van der Waals surface area contributed by atoms with Crippen LogP contribution in [0.25, 0.3) is 10.2 Å². The van der Waals surface area contributed by atoms with Gasteiger partial charge in [-0.2, -0.15) is 10.3 Å². The van der Waals surface area contributed by atoms with Crippen LogP contribution in [0.4, 0.5) is 5.69 Å². The SMILES string of the molecule is N#Cc1nc2cc(N=C=S)ccc2s1. The van der Waals surface area contributed by atoms with E-state index in [0.717, 1.165) is 10.2 Å². The molecule has 0 atom stereocenters. The van der Waals surface area contributed by atoms with Crippen molar-refractivity contribution in [1.29, 1.82) is 5.26 Å². The smallest absolute Gasteiger partial charge is 0.195 e. The van der Waals surface area contributed by atoms with E-state index in [2.05, 4.69) is 27.4 Å². The van der Waals surface area contributed by atoms with E-state index in [9.17, 15) is 0 Å². The molecule has 0 N–H and O–H groups in total. The van der Waals surface area contributed by atoms with Crippen molar-refractivity contribution in [3.8, 4) is 6.07 Å². The van der Waals surface area contributed by atoms with Gasteiger partial charge in [-0.15, -0.1) is 11.3 Å². The number of fused-ring (bicyclic) bond motifs is 1. The summed E-state index contributed by atoms with van der Waals surface area (Å²) < 4.78 is 0.977. The zero-order valence-corrected chi connectivity index (χ0v) is 8.52. The van der Waals surface area contributed by atoms with Crippen LogP contribution in [0, 0.1) is 11.3 Å². The lowest BCUT2D eigenvalue weighted by molar-refractivity contribution is 1.40. The third-order valence-electron chi connectivity index (χ3n) is 1.64. The van der Waals surface area contributed by atoms with Crippen LogP contribution in [0.3, 0.4) is 0 Å². The van der Waals surface area contributed by atoms with E-state index in [-0.39, 0.29) is 0 Å².